The van der Waals surface area contributed by atoms with Crippen molar-refractivity contribution in [1.29, 1.82) is 0 Å². The van der Waals surface area contributed by atoms with Crippen molar-refractivity contribution >= 4 is 0 Å². The average Bonchev–Trinajstić information content (AvgIpc) is 3.03. The van der Waals surface area contributed by atoms with Crippen LogP contribution in [0.1, 0.15) is 5.56 Å². The number of benzene rings is 1. The first-order valence-electron chi connectivity index (χ1n) is 7.38. The van der Waals surface area contributed by atoms with E-state index in [1.54, 1.807) is 30.3 Å². The number of hydrogen-bond donors (Lipinski definition) is 1. The normalized spacial score (nSPS) is 12.1. The average molecular weight is 310 g/mol. The van der Waals surface area contributed by atoms with Gasteiger partial charge in [0, 0.05) is 12.6 Å². The summed E-state index contributed by atoms with van der Waals surface area (Å²) in [5.41, 5.74) is 2.35. The van der Waals surface area contributed by atoms with Crippen molar-refractivity contribution in [2.45, 2.75) is 19.1 Å². The summed E-state index contributed by atoms with van der Waals surface area (Å²) in [6, 6.07) is 13.5. The van der Waals surface area contributed by atoms with Gasteiger partial charge in [-0.2, -0.15) is 0 Å². The largest absolute Gasteiger partial charge is 0.494 e. The molecule has 0 unspecified atom stereocenters. The van der Waals surface area contributed by atoms with Crippen LogP contribution >= 0.6 is 0 Å². The zero-order valence-corrected chi connectivity index (χ0v) is 12.8. The second-order valence-electron chi connectivity index (χ2n) is 5.22. The Kier molecular flexibility index (Phi) is 4.63. The van der Waals surface area contributed by atoms with Crippen LogP contribution in [-0.2, 0) is 13.0 Å². The molecule has 0 radical (unpaired) electrons. The second kappa shape index (κ2) is 7.02. The van der Waals surface area contributed by atoms with Crippen LogP contribution in [0.4, 0.5) is 0 Å². The van der Waals surface area contributed by atoms with E-state index in [-0.39, 0.29) is 0 Å². The highest BCUT2D eigenvalue weighted by Gasteiger charge is 2.13. The maximum atomic E-state index is 10.2. The number of methoxy groups -OCH3 is 1. The van der Waals surface area contributed by atoms with Gasteiger partial charge in [0.1, 0.15) is 17.1 Å². The van der Waals surface area contributed by atoms with E-state index in [1.165, 1.54) is 0 Å². The molecular weight excluding hydrogens is 292 g/mol. The van der Waals surface area contributed by atoms with Crippen molar-refractivity contribution < 1.29 is 9.84 Å². The lowest BCUT2D eigenvalue weighted by Crippen LogP contribution is -2.19. The van der Waals surface area contributed by atoms with Gasteiger partial charge in [0.15, 0.2) is 0 Å². The van der Waals surface area contributed by atoms with Gasteiger partial charge < -0.3 is 9.84 Å². The summed E-state index contributed by atoms with van der Waals surface area (Å²) in [6.45, 7) is 0.372. The van der Waals surface area contributed by atoms with E-state index in [4.69, 9.17) is 4.74 Å². The predicted molar refractivity (Wildman–Crippen MR) is 86.0 cm³/mol. The molecule has 0 bridgehead atoms. The molecule has 1 atom stereocenters. The minimum absolute atomic E-state index is 0.372. The fourth-order valence-corrected chi connectivity index (χ4v) is 2.41. The van der Waals surface area contributed by atoms with Crippen molar-refractivity contribution in [2.75, 3.05) is 7.11 Å². The summed E-state index contributed by atoms with van der Waals surface area (Å²) in [5.74, 6) is 0.643. The van der Waals surface area contributed by atoms with E-state index in [9.17, 15) is 5.11 Å². The van der Waals surface area contributed by atoms with E-state index in [0.717, 1.165) is 5.56 Å². The Hall–Kier alpha value is -2.73. The van der Waals surface area contributed by atoms with Crippen LogP contribution in [0.3, 0.4) is 0 Å². The highest BCUT2D eigenvalue weighted by atomic mass is 16.5. The summed E-state index contributed by atoms with van der Waals surface area (Å²) in [6.07, 6.45) is 3.49. The van der Waals surface area contributed by atoms with Crippen LogP contribution < -0.4 is 4.74 Å². The van der Waals surface area contributed by atoms with Crippen molar-refractivity contribution in [3.8, 4) is 17.1 Å². The minimum Gasteiger partial charge on any atom is -0.494 e. The standard InChI is InChI=1S/C17H18N4O2/c1-23-16-8-5-9-18-17(16)15-12-21(20-19-15)11-14(22)10-13-6-3-2-4-7-13/h2-9,12,14,22H,10-11H2,1H3/t14-/m1/s1. The van der Waals surface area contributed by atoms with Gasteiger partial charge in [-0.3, -0.25) is 4.98 Å². The van der Waals surface area contributed by atoms with Gasteiger partial charge in [-0.15, -0.1) is 5.10 Å². The zero-order valence-electron chi connectivity index (χ0n) is 12.8. The quantitative estimate of drug-likeness (QED) is 0.753. The topological polar surface area (TPSA) is 73.1 Å². The van der Waals surface area contributed by atoms with Crippen molar-refractivity contribution in [3.63, 3.8) is 0 Å². The molecule has 3 rings (SSSR count). The molecule has 1 aromatic carbocycles. The Morgan fingerprint density at radius 2 is 2.00 bits per heavy atom. The van der Waals surface area contributed by atoms with Gasteiger partial charge in [0.05, 0.1) is 26.0 Å². The van der Waals surface area contributed by atoms with Crippen LogP contribution in [-0.4, -0.2) is 38.3 Å². The third-order valence-corrected chi connectivity index (χ3v) is 3.48. The molecule has 0 fully saturated rings. The Labute approximate surface area is 134 Å². The van der Waals surface area contributed by atoms with Crippen LogP contribution in [0, 0.1) is 0 Å². The smallest absolute Gasteiger partial charge is 0.146 e. The number of pyridine rings is 1. The summed E-state index contributed by atoms with van der Waals surface area (Å²) >= 11 is 0. The number of aromatic nitrogens is 4. The lowest BCUT2D eigenvalue weighted by molar-refractivity contribution is 0.148. The SMILES string of the molecule is COc1cccnc1-c1cn(C[C@H](O)Cc2ccccc2)nn1. The highest BCUT2D eigenvalue weighted by Crippen LogP contribution is 2.24. The van der Waals surface area contributed by atoms with E-state index >= 15 is 0 Å². The number of hydrogen-bond acceptors (Lipinski definition) is 5. The number of aliphatic hydroxyl groups is 1. The van der Waals surface area contributed by atoms with Gasteiger partial charge in [-0.25, -0.2) is 4.68 Å². The van der Waals surface area contributed by atoms with Crippen LogP contribution in [0.25, 0.3) is 11.4 Å². The van der Waals surface area contributed by atoms with Gasteiger partial charge in [0.25, 0.3) is 0 Å². The fourth-order valence-electron chi connectivity index (χ4n) is 2.41. The van der Waals surface area contributed by atoms with Gasteiger partial charge in [-0.05, 0) is 17.7 Å². The molecule has 0 aliphatic rings. The molecular formula is C17H18N4O2. The Balaban J connectivity index is 1.70. The number of rotatable bonds is 6. The molecule has 6 nitrogen and oxygen atoms in total. The third-order valence-electron chi connectivity index (χ3n) is 3.48. The molecule has 0 aliphatic heterocycles. The summed E-state index contributed by atoms with van der Waals surface area (Å²) < 4.78 is 6.90. The zero-order chi connectivity index (χ0) is 16.1. The first-order chi connectivity index (χ1) is 11.3. The van der Waals surface area contributed by atoms with E-state index in [0.29, 0.717) is 30.1 Å². The Morgan fingerprint density at radius 3 is 2.78 bits per heavy atom. The minimum atomic E-state index is -0.530. The monoisotopic (exact) mass is 310 g/mol. The molecule has 0 saturated heterocycles. The van der Waals surface area contributed by atoms with Crippen LogP contribution in [0.2, 0.25) is 0 Å². The van der Waals surface area contributed by atoms with Crippen LogP contribution in [0.5, 0.6) is 5.75 Å². The molecule has 2 heterocycles. The Bertz CT molecular complexity index is 758. The summed E-state index contributed by atoms with van der Waals surface area (Å²) in [4.78, 5) is 4.28. The maximum absolute atomic E-state index is 10.2. The first kappa shape index (κ1) is 15.2. The number of ether oxygens (including phenoxy) is 1. The van der Waals surface area contributed by atoms with Gasteiger partial charge >= 0.3 is 0 Å². The van der Waals surface area contributed by atoms with Crippen molar-refractivity contribution in [2.24, 2.45) is 0 Å². The molecule has 3 aromatic rings. The highest BCUT2D eigenvalue weighted by molar-refractivity contribution is 5.60. The lowest BCUT2D eigenvalue weighted by atomic mass is 10.1. The predicted octanol–water partition coefficient (Wildman–Crippen LogP) is 1.95. The number of nitrogens with zero attached hydrogens (tertiary/aromatic N) is 4. The molecule has 118 valence electrons. The van der Waals surface area contributed by atoms with Gasteiger partial charge in [-0.1, -0.05) is 35.5 Å². The molecule has 0 saturated carbocycles. The molecule has 6 heteroatoms. The molecule has 1 N–H and O–H groups in total. The Morgan fingerprint density at radius 1 is 1.17 bits per heavy atom. The number of aliphatic hydroxyl groups excluding tert-OH is 1. The molecule has 0 aliphatic carbocycles. The maximum Gasteiger partial charge on any atom is 0.146 e. The molecule has 23 heavy (non-hydrogen) atoms. The molecule has 0 amide bonds. The third kappa shape index (κ3) is 3.73. The second-order valence-corrected chi connectivity index (χ2v) is 5.22. The summed E-state index contributed by atoms with van der Waals surface area (Å²) in [5, 5.41) is 18.4. The molecule has 2 aromatic heterocycles. The van der Waals surface area contributed by atoms with E-state index in [2.05, 4.69) is 15.3 Å². The first-order valence-corrected chi connectivity index (χ1v) is 7.38. The molecule has 0 spiro atoms. The van der Waals surface area contributed by atoms with Gasteiger partial charge in [0.2, 0.25) is 0 Å². The van der Waals surface area contributed by atoms with E-state index in [1.807, 2.05) is 36.4 Å². The lowest BCUT2D eigenvalue weighted by Gasteiger charge is -2.10. The summed E-state index contributed by atoms with van der Waals surface area (Å²) in [7, 11) is 1.59. The van der Waals surface area contributed by atoms with Crippen molar-refractivity contribution in [3.05, 3.63) is 60.4 Å². The van der Waals surface area contributed by atoms with Crippen molar-refractivity contribution in [1.82, 2.24) is 20.0 Å². The fraction of sp³-hybridized carbons (Fsp3) is 0.235. The van der Waals surface area contributed by atoms with Crippen LogP contribution in [0.15, 0.2) is 54.9 Å². The van der Waals surface area contributed by atoms with E-state index < -0.39 is 6.10 Å².